The number of aliphatic hydroxyl groups is 1. The minimum Gasteiger partial charge on any atom is -0.395 e. The van der Waals surface area contributed by atoms with Crippen molar-refractivity contribution in [2.45, 2.75) is 26.8 Å². The lowest BCUT2D eigenvalue weighted by Gasteiger charge is -2.20. The monoisotopic (exact) mass is 275 g/mol. The average Bonchev–Trinajstić information content (AvgIpc) is 2.38. The molecule has 2 rings (SSSR count). The first-order chi connectivity index (χ1) is 9.63. The van der Waals surface area contributed by atoms with Gasteiger partial charge >= 0.3 is 0 Å². The Labute approximate surface area is 118 Å². The van der Waals surface area contributed by atoms with E-state index in [2.05, 4.69) is 16.8 Å². The lowest BCUT2D eigenvalue weighted by molar-refractivity contribution is 0.189. The molecular formula is C15H21N3O2. The molecule has 0 saturated carbocycles. The van der Waals surface area contributed by atoms with Gasteiger partial charge in [-0.2, -0.15) is 0 Å². The van der Waals surface area contributed by atoms with E-state index in [1.807, 2.05) is 19.1 Å². The van der Waals surface area contributed by atoms with Crippen LogP contribution in [0.5, 0.6) is 0 Å². The fourth-order valence-electron chi connectivity index (χ4n) is 2.29. The van der Waals surface area contributed by atoms with E-state index in [1.54, 1.807) is 16.7 Å². The predicted octanol–water partition coefficient (Wildman–Crippen LogP) is 1.21. The quantitative estimate of drug-likeness (QED) is 0.861. The Kier molecular flexibility index (Phi) is 4.87. The van der Waals surface area contributed by atoms with Crippen molar-refractivity contribution < 1.29 is 5.11 Å². The van der Waals surface area contributed by atoms with Gasteiger partial charge in [-0.3, -0.25) is 14.1 Å². The smallest absolute Gasteiger partial charge is 0.258 e. The predicted molar refractivity (Wildman–Crippen MR) is 78.9 cm³/mol. The topological polar surface area (TPSA) is 57.8 Å². The van der Waals surface area contributed by atoms with Crippen molar-refractivity contribution in [2.24, 2.45) is 0 Å². The summed E-state index contributed by atoms with van der Waals surface area (Å²) in [6.07, 6.45) is 2.76. The Bertz CT molecular complexity index is 631. The van der Waals surface area contributed by atoms with Crippen LogP contribution in [0.15, 0.2) is 29.2 Å². The van der Waals surface area contributed by atoms with Gasteiger partial charge in [-0.05, 0) is 37.6 Å². The average molecular weight is 275 g/mol. The van der Waals surface area contributed by atoms with E-state index in [0.717, 1.165) is 24.2 Å². The Morgan fingerprint density at radius 2 is 2.15 bits per heavy atom. The van der Waals surface area contributed by atoms with Crippen LogP contribution in [0.1, 0.15) is 24.6 Å². The molecule has 108 valence electrons. The van der Waals surface area contributed by atoms with E-state index in [0.29, 0.717) is 18.7 Å². The van der Waals surface area contributed by atoms with Crippen LogP contribution in [0.4, 0.5) is 0 Å². The summed E-state index contributed by atoms with van der Waals surface area (Å²) in [5.41, 5.74) is 2.44. The summed E-state index contributed by atoms with van der Waals surface area (Å²) in [5, 5.41) is 9.08. The first-order valence-corrected chi connectivity index (χ1v) is 6.96. The second-order valence-electron chi connectivity index (χ2n) is 5.02. The van der Waals surface area contributed by atoms with Crippen LogP contribution >= 0.6 is 0 Å². The third-order valence-electron chi connectivity index (χ3n) is 3.22. The molecule has 0 amide bonds. The molecule has 1 N–H and O–H groups in total. The Balaban J connectivity index is 2.32. The highest BCUT2D eigenvalue weighted by molar-refractivity contribution is 5.41. The second-order valence-corrected chi connectivity index (χ2v) is 5.02. The fourth-order valence-corrected chi connectivity index (χ4v) is 2.29. The van der Waals surface area contributed by atoms with E-state index in [1.165, 1.54) is 0 Å². The highest BCUT2D eigenvalue weighted by atomic mass is 16.3. The molecule has 0 fully saturated rings. The molecule has 5 heteroatoms. The number of nitrogens with zero attached hydrogens (tertiary/aromatic N) is 3. The van der Waals surface area contributed by atoms with Crippen molar-refractivity contribution in [3.8, 4) is 0 Å². The third-order valence-corrected chi connectivity index (χ3v) is 3.22. The molecule has 0 aliphatic heterocycles. The van der Waals surface area contributed by atoms with Crippen LogP contribution in [0.25, 0.3) is 5.65 Å². The number of fused-ring (bicyclic) bond motifs is 1. The molecule has 0 bridgehead atoms. The highest BCUT2D eigenvalue weighted by Crippen LogP contribution is 2.05. The molecule has 0 aliphatic rings. The molecule has 0 atom stereocenters. The standard InChI is InChI=1S/C15H21N3O2/c1-3-5-17(7-8-19)11-13-10-15(20)18-6-4-12(2)9-14(18)16-13/h4,6,9-10,19H,3,5,7-8,11H2,1-2H3. The van der Waals surface area contributed by atoms with Crippen LogP contribution < -0.4 is 5.56 Å². The first-order valence-electron chi connectivity index (χ1n) is 6.96. The normalized spacial score (nSPS) is 11.4. The summed E-state index contributed by atoms with van der Waals surface area (Å²) in [4.78, 5) is 18.7. The number of aromatic nitrogens is 2. The summed E-state index contributed by atoms with van der Waals surface area (Å²) in [5.74, 6) is 0. The molecule has 0 saturated heterocycles. The van der Waals surface area contributed by atoms with Crippen molar-refractivity contribution in [1.29, 1.82) is 0 Å². The number of hydrogen-bond donors (Lipinski definition) is 1. The molecule has 2 aromatic heterocycles. The Morgan fingerprint density at radius 3 is 2.85 bits per heavy atom. The van der Waals surface area contributed by atoms with E-state index in [4.69, 9.17) is 5.11 Å². The van der Waals surface area contributed by atoms with Gasteiger partial charge in [0.25, 0.3) is 5.56 Å². The van der Waals surface area contributed by atoms with Crippen molar-refractivity contribution >= 4 is 5.65 Å². The van der Waals surface area contributed by atoms with Gasteiger partial charge in [0, 0.05) is 25.4 Å². The number of rotatable bonds is 6. The summed E-state index contributed by atoms with van der Waals surface area (Å²) < 4.78 is 1.55. The van der Waals surface area contributed by atoms with Gasteiger partial charge in [-0.15, -0.1) is 0 Å². The number of hydrogen-bond acceptors (Lipinski definition) is 4. The molecule has 2 aromatic rings. The van der Waals surface area contributed by atoms with Crippen LogP contribution in [0.2, 0.25) is 0 Å². The molecule has 0 spiro atoms. The zero-order valence-corrected chi connectivity index (χ0v) is 12.0. The van der Waals surface area contributed by atoms with Gasteiger partial charge in [0.15, 0.2) is 0 Å². The van der Waals surface area contributed by atoms with Gasteiger partial charge in [0.2, 0.25) is 0 Å². The lowest BCUT2D eigenvalue weighted by Crippen LogP contribution is -2.28. The Morgan fingerprint density at radius 1 is 1.35 bits per heavy atom. The van der Waals surface area contributed by atoms with Gasteiger partial charge in [0.05, 0.1) is 12.3 Å². The minimum absolute atomic E-state index is 0.0644. The third kappa shape index (κ3) is 3.43. The molecule has 0 radical (unpaired) electrons. The zero-order chi connectivity index (χ0) is 14.5. The number of aryl methyl sites for hydroxylation is 1. The van der Waals surface area contributed by atoms with Crippen molar-refractivity contribution in [3.63, 3.8) is 0 Å². The summed E-state index contributed by atoms with van der Waals surface area (Å²) in [6, 6.07) is 5.37. The molecule has 0 unspecified atom stereocenters. The summed E-state index contributed by atoms with van der Waals surface area (Å²) in [7, 11) is 0. The van der Waals surface area contributed by atoms with Crippen LogP contribution in [0, 0.1) is 6.92 Å². The van der Waals surface area contributed by atoms with Crippen molar-refractivity contribution in [1.82, 2.24) is 14.3 Å². The first kappa shape index (κ1) is 14.7. The van der Waals surface area contributed by atoms with Crippen LogP contribution in [-0.4, -0.2) is 39.1 Å². The van der Waals surface area contributed by atoms with Gasteiger partial charge in [-0.1, -0.05) is 6.92 Å². The lowest BCUT2D eigenvalue weighted by atomic mass is 10.3. The molecule has 5 nitrogen and oxygen atoms in total. The molecule has 20 heavy (non-hydrogen) atoms. The van der Waals surface area contributed by atoms with Crippen molar-refractivity contribution in [3.05, 3.63) is 46.0 Å². The molecule has 0 aliphatic carbocycles. The summed E-state index contributed by atoms with van der Waals surface area (Å²) in [6.45, 7) is 6.27. The van der Waals surface area contributed by atoms with E-state index >= 15 is 0 Å². The fraction of sp³-hybridized carbons (Fsp3) is 0.467. The second kappa shape index (κ2) is 6.63. The van der Waals surface area contributed by atoms with Gasteiger partial charge in [-0.25, -0.2) is 4.98 Å². The number of pyridine rings is 1. The van der Waals surface area contributed by atoms with Gasteiger partial charge < -0.3 is 5.11 Å². The maximum Gasteiger partial charge on any atom is 0.258 e. The van der Waals surface area contributed by atoms with E-state index in [-0.39, 0.29) is 12.2 Å². The largest absolute Gasteiger partial charge is 0.395 e. The van der Waals surface area contributed by atoms with Crippen LogP contribution in [0.3, 0.4) is 0 Å². The minimum atomic E-state index is -0.0644. The maximum atomic E-state index is 12.1. The Hall–Kier alpha value is -1.72. The maximum absolute atomic E-state index is 12.1. The van der Waals surface area contributed by atoms with Crippen molar-refractivity contribution in [2.75, 3.05) is 19.7 Å². The molecular weight excluding hydrogens is 254 g/mol. The number of aliphatic hydroxyl groups excluding tert-OH is 1. The van der Waals surface area contributed by atoms with Crippen LogP contribution in [-0.2, 0) is 6.54 Å². The van der Waals surface area contributed by atoms with Gasteiger partial charge in [0.1, 0.15) is 5.65 Å². The SMILES string of the molecule is CCCN(CCO)Cc1cc(=O)n2ccc(C)cc2n1. The zero-order valence-electron chi connectivity index (χ0n) is 12.0. The summed E-state index contributed by atoms with van der Waals surface area (Å²) >= 11 is 0. The molecule has 0 aromatic carbocycles. The van der Waals surface area contributed by atoms with E-state index in [9.17, 15) is 4.79 Å². The molecule has 2 heterocycles. The highest BCUT2D eigenvalue weighted by Gasteiger charge is 2.08. The van der Waals surface area contributed by atoms with E-state index < -0.39 is 0 Å².